The fourth-order valence-electron chi connectivity index (χ4n) is 14.0. The highest BCUT2D eigenvalue weighted by molar-refractivity contribution is 5.76. The number of amides is 1. The number of allylic oxidation sites excluding steroid dienone is 4. The van der Waals surface area contributed by atoms with Crippen LogP contribution < -0.4 is 5.32 Å². The number of ether oxygens (including phenoxy) is 1. The van der Waals surface area contributed by atoms with E-state index >= 15 is 0 Å². The molecular weight excluding hydrogens is 1140 g/mol. The number of aliphatic hydroxyl groups excluding tert-OH is 2. The van der Waals surface area contributed by atoms with Gasteiger partial charge in [0.25, 0.3) is 0 Å². The molecule has 0 aromatic carbocycles. The fourth-order valence-corrected chi connectivity index (χ4v) is 14.0. The quantitative estimate of drug-likeness (QED) is 0.0320. The first-order valence-electron chi connectivity index (χ1n) is 43.1. The maximum absolute atomic E-state index is 12.6. The lowest BCUT2D eigenvalue weighted by Gasteiger charge is -2.22. The average molecular weight is 1310 g/mol. The molecule has 552 valence electrons. The van der Waals surface area contributed by atoms with Crippen molar-refractivity contribution in [2.24, 2.45) is 0 Å². The maximum atomic E-state index is 12.6. The molecule has 1 amide bonds. The van der Waals surface area contributed by atoms with Crippen molar-refractivity contribution in [3.05, 3.63) is 24.3 Å². The zero-order chi connectivity index (χ0) is 67.0. The van der Waals surface area contributed by atoms with Crippen LogP contribution in [0.4, 0.5) is 0 Å². The smallest absolute Gasteiger partial charge is 0.305 e. The van der Waals surface area contributed by atoms with Crippen molar-refractivity contribution >= 4 is 11.9 Å². The maximum Gasteiger partial charge on any atom is 0.305 e. The molecule has 0 bridgehead atoms. The normalized spacial score (nSPS) is 12.5. The monoisotopic (exact) mass is 1310 g/mol. The first kappa shape index (κ1) is 91.3. The molecular formula is C87H169NO5. The van der Waals surface area contributed by atoms with E-state index in [0.29, 0.717) is 25.9 Å². The summed E-state index contributed by atoms with van der Waals surface area (Å²) >= 11 is 0. The van der Waals surface area contributed by atoms with Crippen LogP contribution in [0, 0.1) is 0 Å². The lowest BCUT2D eigenvalue weighted by Crippen LogP contribution is -2.45. The van der Waals surface area contributed by atoms with Gasteiger partial charge in [-0.1, -0.05) is 449 Å². The molecule has 0 radical (unpaired) electrons. The third kappa shape index (κ3) is 79.2. The number of rotatable bonds is 82. The first-order valence-corrected chi connectivity index (χ1v) is 43.1. The van der Waals surface area contributed by atoms with Crippen LogP contribution >= 0.6 is 0 Å². The molecule has 3 N–H and O–H groups in total. The summed E-state index contributed by atoms with van der Waals surface area (Å²) in [5.41, 5.74) is 0. The highest BCUT2D eigenvalue weighted by Crippen LogP contribution is 2.21. The molecule has 0 heterocycles. The van der Waals surface area contributed by atoms with Crippen molar-refractivity contribution < 1.29 is 24.5 Å². The SMILES string of the molecule is CCCCCCCCCCCCCCCCCCCCCCCCC(O)C(CO)NC(=O)CCCCCCCCCCCCCCCCCCC/C=C\C/C=C\CCCCCCCCCCCCCCCCCOC(=O)CCCCCCCCCCCCCCCCC. The van der Waals surface area contributed by atoms with Crippen molar-refractivity contribution in [1.29, 1.82) is 0 Å². The number of hydrogen-bond donors (Lipinski definition) is 3. The van der Waals surface area contributed by atoms with Gasteiger partial charge in [-0.3, -0.25) is 9.59 Å². The van der Waals surface area contributed by atoms with E-state index in [-0.39, 0.29) is 18.5 Å². The van der Waals surface area contributed by atoms with Gasteiger partial charge in [0.2, 0.25) is 5.91 Å². The average Bonchev–Trinajstić information content (AvgIpc) is 3.78. The van der Waals surface area contributed by atoms with E-state index in [1.54, 1.807) is 0 Å². The summed E-state index contributed by atoms with van der Waals surface area (Å²) < 4.78 is 5.51. The van der Waals surface area contributed by atoms with Crippen molar-refractivity contribution in [2.45, 2.75) is 508 Å². The Labute approximate surface area is 583 Å². The van der Waals surface area contributed by atoms with Gasteiger partial charge in [-0.15, -0.1) is 0 Å². The van der Waals surface area contributed by atoms with E-state index in [4.69, 9.17) is 4.74 Å². The van der Waals surface area contributed by atoms with E-state index < -0.39 is 12.1 Å². The summed E-state index contributed by atoms with van der Waals surface area (Å²) in [5, 5.41) is 23.5. The molecule has 0 rings (SSSR count). The Morgan fingerprint density at radius 2 is 0.538 bits per heavy atom. The molecule has 0 saturated heterocycles. The number of aliphatic hydroxyl groups is 2. The van der Waals surface area contributed by atoms with Crippen LogP contribution in [0.5, 0.6) is 0 Å². The van der Waals surface area contributed by atoms with E-state index in [0.717, 1.165) is 44.9 Å². The second-order valence-corrected chi connectivity index (χ2v) is 29.9. The van der Waals surface area contributed by atoms with Gasteiger partial charge in [-0.25, -0.2) is 0 Å². The van der Waals surface area contributed by atoms with Crippen molar-refractivity contribution in [3.63, 3.8) is 0 Å². The van der Waals surface area contributed by atoms with Crippen LogP contribution in [0.15, 0.2) is 24.3 Å². The van der Waals surface area contributed by atoms with Crippen molar-refractivity contribution in [3.8, 4) is 0 Å². The number of carbonyl (C=O) groups is 2. The first-order chi connectivity index (χ1) is 46.0. The lowest BCUT2D eigenvalue weighted by atomic mass is 10.0. The Balaban J connectivity index is 3.35. The molecule has 93 heavy (non-hydrogen) atoms. The number of carbonyl (C=O) groups excluding carboxylic acids is 2. The molecule has 0 aliphatic rings. The molecule has 0 aromatic rings. The highest BCUT2D eigenvalue weighted by Gasteiger charge is 2.20. The van der Waals surface area contributed by atoms with Gasteiger partial charge in [0.05, 0.1) is 25.4 Å². The summed E-state index contributed by atoms with van der Waals surface area (Å²) in [4.78, 5) is 24.7. The minimum absolute atomic E-state index is 0.0244. The van der Waals surface area contributed by atoms with Gasteiger partial charge >= 0.3 is 5.97 Å². The van der Waals surface area contributed by atoms with Crippen LogP contribution in [0.2, 0.25) is 0 Å². The number of esters is 1. The Kier molecular flexibility index (Phi) is 81.3. The van der Waals surface area contributed by atoms with Gasteiger partial charge in [0.1, 0.15) is 0 Å². The van der Waals surface area contributed by atoms with E-state index in [1.165, 1.54) is 417 Å². The molecule has 0 fully saturated rings. The summed E-state index contributed by atoms with van der Waals surface area (Å²) in [6.07, 6.45) is 107. The summed E-state index contributed by atoms with van der Waals surface area (Å²) in [6.45, 7) is 5.02. The Morgan fingerprint density at radius 1 is 0.301 bits per heavy atom. The molecule has 0 aliphatic heterocycles. The standard InChI is InChI=1S/C87H169NO5/c1-3-5-7-9-11-13-15-17-19-20-21-22-42-45-48-52-55-59-63-67-71-75-79-85(90)84(83-89)88-86(91)80-76-72-68-64-60-56-53-49-46-43-40-38-36-34-32-30-28-26-24-23-25-27-29-31-33-35-37-39-41-44-47-50-54-58-62-66-70-74-78-82-93-87(92)81-77-73-69-65-61-57-51-18-16-14-12-10-8-6-4-2/h23-24,27,29,84-85,89-90H,3-22,25-26,28,30-83H2,1-2H3,(H,88,91)/b24-23-,29-27-. The molecule has 0 saturated carbocycles. The van der Waals surface area contributed by atoms with Gasteiger partial charge in [0, 0.05) is 12.8 Å². The van der Waals surface area contributed by atoms with E-state index in [9.17, 15) is 19.8 Å². The van der Waals surface area contributed by atoms with Gasteiger partial charge in [0.15, 0.2) is 0 Å². The minimum Gasteiger partial charge on any atom is -0.466 e. The number of nitrogens with one attached hydrogen (secondary N) is 1. The van der Waals surface area contributed by atoms with Crippen LogP contribution in [-0.2, 0) is 14.3 Å². The summed E-state index contributed by atoms with van der Waals surface area (Å²) in [5.74, 6) is -0.00158. The van der Waals surface area contributed by atoms with Gasteiger partial charge < -0.3 is 20.3 Å². The second-order valence-electron chi connectivity index (χ2n) is 29.9. The highest BCUT2D eigenvalue weighted by atomic mass is 16.5. The van der Waals surface area contributed by atoms with Crippen molar-refractivity contribution in [1.82, 2.24) is 5.32 Å². The van der Waals surface area contributed by atoms with Crippen LogP contribution in [-0.4, -0.2) is 47.4 Å². The molecule has 6 heteroatoms. The molecule has 0 aromatic heterocycles. The second kappa shape index (κ2) is 82.8. The Morgan fingerprint density at radius 3 is 0.817 bits per heavy atom. The van der Waals surface area contributed by atoms with Gasteiger partial charge in [-0.05, 0) is 57.8 Å². The van der Waals surface area contributed by atoms with E-state index in [2.05, 4.69) is 43.5 Å². The van der Waals surface area contributed by atoms with Crippen LogP contribution in [0.3, 0.4) is 0 Å². The minimum atomic E-state index is -0.663. The number of unbranched alkanes of at least 4 members (excludes halogenated alkanes) is 67. The lowest BCUT2D eigenvalue weighted by molar-refractivity contribution is -0.143. The molecule has 6 nitrogen and oxygen atoms in total. The molecule has 2 unspecified atom stereocenters. The number of hydrogen-bond acceptors (Lipinski definition) is 5. The molecule has 0 aliphatic carbocycles. The Hall–Kier alpha value is -1.66. The largest absolute Gasteiger partial charge is 0.466 e. The molecule has 0 spiro atoms. The predicted octanol–water partition coefficient (Wildman–Crippen LogP) is 28.8. The van der Waals surface area contributed by atoms with Crippen molar-refractivity contribution in [2.75, 3.05) is 13.2 Å². The van der Waals surface area contributed by atoms with Gasteiger partial charge in [-0.2, -0.15) is 0 Å². The summed E-state index contributed by atoms with van der Waals surface area (Å²) in [7, 11) is 0. The third-order valence-electron chi connectivity index (χ3n) is 20.5. The zero-order valence-corrected chi connectivity index (χ0v) is 63.5. The van der Waals surface area contributed by atoms with Crippen LogP contribution in [0.1, 0.15) is 495 Å². The fraction of sp³-hybridized carbons (Fsp3) is 0.931. The van der Waals surface area contributed by atoms with E-state index in [1.807, 2.05) is 0 Å². The molecule has 2 atom stereocenters. The third-order valence-corrected chi connectivity index (χ3v) is 20.5. The summed E-state index contributed by atoms with van der Waals surface area (Å²) in [6, 6.07) is -0.540. The zero-order valence-electron chi connectivity index (χ0n) is 63.5. The Bertz CT molecular complexity index is 1460. The van der Waals surface area contributed by atoms with Crippen LogP contribution in [0.25, 0.3) is 0 Å². The topological polar surface area (TPSA) is 95.9 Å². The predicted molar refractivity (Wildman–Crippen MR) is 412 cm³/mol.